The predicted molar refractivity (Wildman–Crippen MR) is 142 cm³/mol. The van der Waals surface area contributed by atoms with Crippen LogP contribution in [0.2, 0.25) is 0 Å². The number of rotatable bonds is 14. The first-order valence-corrected chi connectivity index (χ1v) is 14.6. The van der Waals surface area contributed by atoms with Gasteiger partial charge in [-0.25, -0.2) is 14.1 Å². The van der Waals surface area contributed by atoms with E-state index in [-0.39, 0.29) is 40.1 Å². The highest BCUT2D eigenvalue weighted by molar-refractivity contribution is 7.84. The molecule has 3 heterocycles. The van der Waals surface area contributed by atoms with Gasteiger partial charge in [0.15, 0.2) is 10.8 Å². The van der Waals surface area contributed by atoms with Crippen LogP contribution in [0.5, 0.6) is 0 Å². The number of nitrogens with two attached hydrogens (primary N) is 2. The normalized spacial score (nSPS) is 20.4. The first-order chi connectivity index (χ1) is 19.2. The number of carboxylic acid groups (broad SMARTS) is 1. The number of aromatic nitrogens is 4. The van der Waals surface area contributed by atoms with Gasteiger partial charge in [-0.15, -0.1) is 11.3 Å². The van der Waals surface area contributed by atoms with E-state index in [2.05, 4.69) is 31.0 Å². The van der Waals surface area contributed by atoms with Crippen LogP contribution in [0, 0.1) is 0 Å². The molecule has 2 aliphatic rings. The molecule has 18 nitrogen and oxygen atoms in total. The van der Waals surface area contributed by atoms with Gasteiger partial charge in [0, 0.05) is 30.3 Å². The Balaban J connectivity index is 1.52. The van der Waals surface area contributed by atoms with Gasteiger partial charge in [0.1, 0.15) is 17.8 Å². The lowest BCUT2D eigenvalue weighted by atomic mass is 9.98. The molecule has 1 aliphatic heterocycles. The van der Waals surface area contributed by atoms with Crippen LogP contribution in [-0.4, -0.2) is 95.6 Å². The minimum absolute atomic E-state index is 0.0513. The number of nitrogens with zero attached hydrogens (tertiary/aromatic N) is 6. The predicted octanol–water partition coefficient (Wildman–Crippen LogP) is -1.93. The van der Waals surface area contributed by atoms with Gasteiger partial charge in [0.2, 0.25) is 5.60 Å². The molecule has 2 aromatic heterocycles. The lowest BCUT2D eigenvalue weighted by molar-refractivity contribution is -0.153. The molecule has 41 heavy (non-hydrogen) atoms. The highest BCUT2D eigenvalue weighted by Gasteiger charge is 2.56. The number of oxime groups is 1. The zero-order valence-corrected chi connectivity index (χ0v) is 23.7. The first kappa shape index (κ1) is 30.2. The molecule has 224 valence electrons. The SMILES string of the molecule is CC(C)(CCN)NCc1cnn(C[C@H]2C(NC(=O)/C(=N\OC3(C(=O)O)CC3)c3csc(N)n3)C(=O)N2S(=O)(=O)O)n1. The topological polar surface area (TPSA) is 270 Å². The number of amides is 2. The summed E-state index contributed by atoms with van der Waals surface area (Å²) in [6.07, 6.45) is 2.50. The lowest BCUT2D eigenvalue weighted by Crippen LogP contribution is -2.73. The average Bonchev–Trinajstić information content (AvgIpc) is 3.33. The van der Waals surface area contributed by atoms with Crippen molar-refractivity contribution in [2.24, 2.45) is 10.9 Å². The summed E-state index contributed by atoms with van der Waals surface area (Å²) in [5.41, 5.74) is 9.41. The highest BCUT2D eigenvalue weighted by atomic mass is 32.2. The molecule has 0 radical (unpaired) electrons. The van der Waals surface area contributed by atoms with E-state index in [1.807, 2.05) is 13.8 Å². The summed E-state index contributed by atoms with van der Waals surface area (Å²) in [4.78, 5) is 47.7. The molecule has 1 unspecified atom stereocenters. The molecule has 2 aromatic rings. The van der Waals surface area contributed by atoms with Crippen LogP contribution in [0.15, 0.2) is 16.7 Å². The van der Waals surface area contributed by atoms with Crippen LogP contribution >= 0.6 is 11.3 Å². The van der Waals surface area contributed by atoms with Crippen LogP contribution in [-0.2, 0) is 42.6 Å². The van der Waals surface area contributed by atoms with Gasteiger partial charge in [0.25, 0.3) is 11.8 Å². The molecular weight excluding hydrogens is 584 g/mol. The van der Waals surface area contributed by atoms with E-state index in [4.69, 9.17) is 16.3 Å². The van der Waals surface area contributed by atoms with Crippen molar-refractivity contribution in [3.05, 3.63) is 23.0 Å². The summed E-state index contributed by atoms with van der Waals surface area (Å²) in [6.45, 7) is 4.44. The zero-order chi connectivity index (χ0) is 30.2. The summed E-state index contributed by atoms with van der Waals surface area (Å²) in [5.74, 6) is -3.40. The lowest BCUT2D eigenvalue weighted by Gasteiger charge is -2.43. The number of hydrogen-bond donors (Lipinski definition) is 6. The molecule has 2 atom stereocenters. The molecule has 2 fully saturated rings. The molecule has 0 aromatic carbocycles. The Morgan fingerprint density at radius 2 is 2.07 bits per heavy atom. The quantitative estimate of drug-likeness (QED) is 0.0585. The summed E-state index contributed by atoms with van der Waals surface area (Å²) in [5, 5.41) is 28.5. The fraction of sp³-hybridized carbons (Fsp3) is 0.571. The van der Waals surface area contributed by atoms with Gasteiger partial charge >= 0.3 is 16.3 Å². The Bertz CT molecular complexity index is 1470. The van der Waals surface area contributed by atoms with Crippen LogP contribution in [0.25, 0.3) is 0 Å². The second-order valence-corrected chi connectivity index (χ2v) is 12.4. The van der Waals surface area contributed by atoms with Crippen LogP contribution < -0.4 is 22.1 Å². The standard InChI is InChI=1S/C21H30N10O8S2/c1-20(2,5-6-22)24-7-11-8-25-30(28-11)9-13-15(17(33)31(13)41(36,37)38)27-16(32)14(12-10-40-19(23)26-12)29-39-21(3-4-21)18(34)35/h8,10,13,15,24H,3-7,9,22H2,1-2H3,(H2,23,26)(H,27,32)(H,34,35)(H,36,37,38)/b29-14-/t13-,15?/m0/s1. The molecule has 1 saturated carbocycles. The van der Waals surface area contributed by atoms with E-state index in [0.717, 1.165) is 16.1 Å². The maximum absolute atomic E-state index is 13.2. The molecule has 0 spiro atoms. The van der Waals surface area contributed by atoms with Crippen molar-refractivity contribution in [1.82, 2.24) is 34.9 Å². The Labute approximate surface area is 238 Å². The van der Waals surface area contributed by atoms with E-state index in [1.165, 1.54) is 11.6 Å². The number of hydrogen-bond acceptors (Lipinski definition) is 14. The second-order valence-electron chi connectivity index (χ2n) is 10.2. The third kappa shape index (κ3) is 6.78. The minimum Gasteiger partial charge on any atom is -0.478 e. The van der Waals surface area contributed by atoms with Crippen molar-refractivity contribution in [3.8, 4) is 0 Å². The van der Waals surface area contributed by atoms with Gasteiger partial charge < -0.3 is 32.0 Å². The largest absolute Gasteiger partial charge is 0.478 e. The zero-order valence-electron chi connectivity index (χ0n) is 22.1. The van der Waals surface area contributed by atoms with Gasteiger partial charge in [0.05, 0.1) is 18.4 Å². The highest BCUT2D eigenvalue weighted by Crippen LogP contribution is 2.40. The molecule has 0 bridgehead atoms. The van der Waals surface area contributed by atoms with E-state index in [1.54, 1.807) is 0 Å². The number of thiazole rings is 1. The maximum Gasteiger partial charge on any atom is 0.362 e. The first-order valence-electron chi connectivity index (χ1n) is 12.3. The van der Waals surface area contributed by atoms with Crippen molar-refractivity contribution in [1.29, 1.82) is 0 Å². The maximum atomic E-state index is 13.2. The number of carbonyl (C=O) groups is 3. The van der Waals surface area contributed by atoms with E-state index < -0.39 is 51.5 Å². The summed E-state index contributed by atoms with van der Waals surface area (Å²) in [6, 6.07) is -2.75. The number of nitrogens with one attached hydrogen (secondary N) is 2. The number of β-lactam (4-membered cyclic amide) rings is 1. The number of aliphatic carboxylic acids is 1. The summed E-state index contributed by atoms with van der Waals surface area (Å²) >= 11 is 0.976. The van der Waals surface area contributed by atoms with Crippen LogP contribution in [0.1, 0.15) is 44.5 Å². The van der Waals surface area contributed by atoms with Crippen molar-refractivity contribution >= 4 is 50.3 Å². The Hall–Kier alpha value is -3.72. The van der Waals surface area contributed by atoms with Crippen molar-refractivity contribution in [3.63, 3.8) is 0 Å². The Morgan fingerprint density at radius 1 is 1.37 bits per heavy atom. The average molecular weight is 615 g/mol. The van der Waals surface area contributed by atoms with E-state index >= 15 is 0 Å². The number of carbonyl (C=O) groups excluding carboxylic acids is 2. The fourth-order valence-electron chi connectivity index (χ4n) is 3.99. The van der Waals surface area contributed by atoms with Crippen LogP contribution in [0.3, 0.4) is 0 Å². The smallest absolute Gasteiger partial charge is 0.362 e. The summed E-state index contributed by atoms with van der Waals surface area (Å²) < 4.78 is 33.7. The second kappa shape index (κ2) is 11.3. The minimum atomic E-state index is -4.99. The number of carboxylic acids is 1. The third-order valence-electron chi connectivity index (χ3n) is 6.54. The molecule has 8 N–H and O–H groups in total. The van der Waals surface area contributed by atoms with Gasteiger partial charge in [-0.05, 0) is 26.8 Å². The molecule has 20 heteroatoms. The molecule has 1 aliphatic carbocycles. The molecule has 2 amide bonds. The van der Waals surface area contributed by atoms with Crippen molar-refractivity contribution in [2.45, 2.75) is 69.4 Å². The van der Waals surface area contributed by atoms with Gasteiger partial charge in [-0.1, -0.05) is 5.16 Å². The Morgan fingerprint density at radius 3 is 2.63 bits per heavy atom. The van der Waals surface area contributed by atoms with Gasteiger partial charge in [-0.3, -0.25) is 14.1 Å². The molecule has 4 rings (SSSR count). The van der Waals surface area contributed by atoms with Gasteiger partial charge in [-0.2, -0.15) is 23.4 Å². The van der Waals surface area contributed by atoms with Crippen molar-refractivity contribution < 1.29 is 37.3 Å². The fourth-order valence-corrected chi connectivity index (χ4v) is 5.41. The molecular formula is C21H30N10O8S2. The number of anilines is 1. The Kier molecular flexibility index (Phi) is 8.32. The van der Waals surface area contributed by atoms with E-state index in [9.17, 15) is 32.5 Å². The summed E-state index contributed by atoms with van der Waals surface area (Å²) in [7, 11) is -4.99. The van der Waals surface area contributed by atoms with Crippen LogP contribution in [0.4, 0.5) is 5.13 Å². The number of nitrogen functional groups attached to an aromatic ring is 1. The molecule has 1 saturated heterocycles. The van der Waals surface area contributed by atoms with Crippen molar-refractivity contribution in [2.75, 3.05) is 12.3 Å². The third-order valence-corrected chi connectivity index (χ3v) is 8.16. The monoisotopic (exact) mass is 614 g/mol. The van der Waals surface area contributed by atoms with E-state index in [0.29, 0.717) is 25.2 Å².